The van der Waals surface area contributed by atoms with E-state index in [9.17, 15) is 0 Å². The second kappa shape index (κ2) is 4.76. The molecule has 1 aromatic rings. The highest BCUT2D eigenvalue weighted by Gasteiger charge is 2.24. The number of nitrogens with zero attached hydrogens (tertiary/aromatic N) is 2. The van der Waals surface area contributed by atoms with Crippen molar-refractivity contribution in [1.29, 1.82) is 5.26 Å². The first-order valence-electron chi connectivity index (χ1n) is 5.72. The van der Waals surface area contributed by atoms with Crippen LogP contribution in [0.25, 0.3) is 0 Å². The molecule has 0 bridgehead atoms. The van der Waals surface area contributed by atoms with Crippen molar-refractivity contribution in [2.45, 2.75) is 32.2 Å². The molecule has 1 aliphatic rings. The Bertz CT molecular complexity index is 422. The van der Waals surface area contributed by atoms with Gasteiger partial charge in [0, 0.05) is 17.6 Å². The summed E-state index contributed by atoms with van der Waals surface area (Å²) in [5, 5.41) is 9.81. The molecule has 2 rings (SSSR count). The molecule has 1 fully saturated rings. The van der Waals surface area contributed by atoms with E-state index in [-0.39, 0.29) is 0 Å². The summed E-state index contributed by atoms with van der Waals surface area (Å²) in [6, 6.07) is 8.30. The van der Waals surface area contributed by atoms with Gasteiger partial charge in [-0.15, -0.1) is 0 Å². The van der Waals surface area contributed by atoms with Gasteiger partial charge < -0.3 is 4.90 Å². The molecule has 1 saturated heterocycles. The molecule has 2 nitrogen and oxygen atoms in total. The molecule has 1 atom stereocenters. The molecule has 3 heteroatoms. The van der Waals surface area contributed by atoms with Crippen LogP contribution in [-0.2, 0) is 0 Å². The standard InChI is InChI=1S/C13H15ClN2/c1-2-12-4-3-7-16(12)13-8-11(14)6-5-10(13)9-15/h5-6,8,12H,2-4,7H2,1H3. The molecule has 0 N–H and O–H groups in total. The highest BCUT2D eigenvalue weighted by Crippen LogP contribution is 2.31. The minimum atomic E-state index is 0.561. The van der Waals surface area contributed by atoms with Gasteiger partial charge in [0.05, 0.1) is 11.3 Å². The Morgan fingerprint density at radius 1 is 1.56 bits per heavy atom. The van der Waals surface area contributed by atoms with Crippen molar-refractivity contribution in [3.8, 4) is 6.07 Å². The average molecular weight is 235 g/mol. The molecular weight excluding hydrogens is 220 g/mol. The van der Waals surface area contributed by atoms with Crippen LogP contribution in [0.5, 0.6) is 0 Å². The monoisotopic (exact) mass is 234 g/mol. The van der Waals surface area contributed by atoms with E-state index in [1.807, 2.05) is 12.1 Å². The molecule has 1 aromatic carbocycles. The third-order valence-electron chi connectivity index (χ3n) is 3.24. The first kappa shape index (κ1) is 11.3. The third kappa shape index (κ3) is 2.01. The number of rotatable bonds is 2. The van der Waals surface area contributed by atoms with Crippen molar-refractivity contribution in [2.75, 3.05) is 11.4 Å². The normalized spacial score (nSPS) is 19.8. The molecule has 0 aliphatic carbocycles. The first-order valence-corrected chi connectivity index (χ1v) is 6.10. The fourth-order valence-corrected chi connectivity index (χ4v) is 2.58. The summed E-state index contributed by atoms with van der Waals surface area (Å²) in [7, 11) is 0. The number of benzene rings is 1. The number of halogens is 1. The molecule has 1 unspecified atom stereocenters. The van der Waals surface area contributed by atoms with Gasteiger partial charge in [0.25, 0.3) is 0 Å². The second-order valence-corrected chi connectivity index (χ2v) is 4.61. The lowest BCUT2D eigenvalue weighted by Crippen LogP contribution is -2.29. The zero-order valence-corrected chi connectivity index (χ0v) is 10.2. The van der Waals surface area contributed by atoms with E-state index in [4.69, 9.17) is 16.9 Å². The molecule has 0 saturated carbocycles. The lowest BCUT2D eigenvalue weighted by molar-refractivity contribution is 0.645. The molecule has 1 aliphatic heterocycles. The number of anilines is 1. The second-order valence-electron chi connectivity index (χ2n) is 4.17. The Balaban J connectivity index is 2.39. The van der Waals surface area contributed by atoms with Crippen LogP contribution in [0.1, 0.15) is 31.7 Å². The van der Waals surface area contributed by atoms with Gasteiger partial charge in [-0.25, -0.2) is 0 Å². The number of nitriles is 1. The van der Waals surface area contributed by atoms with Crippen LogP contribution in [0.4, 0.5) is 5.69 Å². The largest absolute Gasteiger partial charge is 0.367 e. The molecule has 84 valence electrons. The predicted octanol–water partition coefficient (Wildman–Crippen LogP) is 3.59. The highest BCUT2D eigenvalue weighted by molar-refractivity contribution is 6.30. The molecule has 0 amide bonds. The van der Waals surface area contributed by atoms with Crippen molar-refractivity contribution >= 4 is 17.3 Å². The van der Waals surface area contributed by atoms with Gasteiger partial charge in [0.15, 0.2) is 0 Å². The van der Waals surface area contributed by atoms with E-state index < -0.39 is 0 Å². The Kier molecular flexibility index (Phi) is 3.36. The van der Waals surface area contributed by atoms with Crippen molar-refractivity contribution in [2.24, 2.45) is 0 Å². The summed E-state index contributed by atoms with van der Waals surface area (Å²) in [5.74, 6) is 0. The van der Waals surface area contributed by atoms with Crippen LogP contribution in [-0.4, -0.2) is 12.6 Å². The zero-order chi connectivity index (χ0) is 11.5. The zero-order valence-electron chi connectivity index (χ0n) is 9.41. The van der Waals surface area contributed by atoms with Gasteiger partial charge in [0.1, 0.15) is 6.07 Å². The van der Waals surface area contributed by atoms with E-state index in [2.05, 4.69) is 17.9 Å². The van der Waals surface area contributed by atoms with Crippen LogP contribution in [0, 0.1) is 11.3 Å². The quantitative estimate of drug-likeness (QED) is 0.782. The lowest BCUT2D eigenvalue weighted by Gasteiger charge is -2.26. The van der Waals surface area contributed by atoms with Crippen molar-refractivity contribution < 1.29 is 0 Å². The number of hydrogen-bond acceptors (Lipinski definition) is 2. The van der Waals surface area contributed by atoms with E-state index in [0.29, 0.717) is 11.1 Å². The van der Waals surface area contributed by atoms with Crippen molar-refractivity contribution in [3.63, 3.8) is 0 Å². The maximum atomic E-state index is 9.11. The average Bonchev–Trinajstić information content (AvgIpc) is 2.76. The molecular formula is C13H15ClN2. The molecule has 0 radical (unpaired) electrons. The van der Waals surface area contributed by atoms with Gasteiger partial charge >= 0.3 is 0 Å². The van der Waals surface area contributed by atoms with Crippen molar-refractivity contribution in [3.05, 3.63) is 28.8 Å². The predicted molar refractivity (Wildman–Crippen MR) is 66.8 cm³/mol. The van der Waals surface area contributed by atoms with E-state index in [1.165, 1.54) is 12.8 Å². The summed E-state index contributed by atoms with van der Waals surface area (Å²) in [5.41, 5.74) is 1.73. The molecule has 1 heterocycles. The Hall–Kier alpha value is -1.20. The summed E-state index contributed by atoms with van der Waals surface area (Å²) in [6.07, 6.45) is 3.54. The fourth-order valence-electron chi connectivity index (χ4n) is 2.41. The van der Waals surface area contributed by atoms with Gasteiger partial charge in [0.2, 0.25) is 0 Å². The molecule has 0 spiro atoms. The first-order chi connectivity index (χ1) is 7.76. The molecule has 0 aromatic heterocycles. The summed E-state index contributed by atoms with van der Waals surface area (Å²) in [6.45, 7) is 3.23. The summed E-state index contributed by atoms with van der Waals surface area (Å²) in [4.78, 5) is 2.32. The highest BCUT2D eigenvalue weighted by atomic mass is 35.5. The van der Waals surface area contributed by atoms with Crippen LogP contribution >= 0.6 is 11.6 Å². The maximum Gasteiger partial charge on any atom is 0.101 e. The van der Waals surface area contributed by atoms with Crippen LogP contribution in [0.2, 0.25) is 5.02 Å². The summed E-state index contributed by atoms with van der Waals surface area (Å²) < 4.78 is 0. The maximum absolute atomic E-state index is 9.11. The SMILES string of the molecule is CCC1CCCN1c1cc(Cl)ccc1C#N. The van der Waals surface area contributed by atoms with E-state index in [0.717, 1.165) is 24.2 Å². The minimum absolute atomic E-state index is 0.561. The Morgan fingerprint density at radius 2 is 2.38 bits per heavy atom. The smallest absolute Gasteiger partial charge is 0.101 e. The Labute approximate surface area is 101 Å². The van der Waals surface area contributed by atoms with Gasteiger partial charge in [-0.05, 0) is 37.5 Å². The van der Waals surface area contributed by atoms with Gasteiger partial charge in [-0.3, -0.25) is 0 Å². The van der Waals surface area contributed by atoms with Gasteiger partial charge in [-0.1, -0.05) is 18.5 Å². The van der Waals surface area contributed by atoms with Crippen molar-refractivity contribution in [1.82, 2.24) is 0 Å². The Morgan fingerprint density at radius 3 is 3.06 bits per heavy atom. The fraction of sp³-hybridized carbons (Fsp3) is 0.462. The minimum Gasteiger partial charge on any atom is -0.367 e. The summed E-state index contributed by atoms with van der Waals surface area (Å²) >= 11 is 6.01. The lowest BCUT2D eigenvalue weighted by atomic mass is 10.1. The topological polar surface area (TPSA) is 27.0 Å². The van der Waals surface area contributed by atoms with Crippen LogP contribution in [0.15, 0.2) is 18.2 Å². The number of hydrogen-bond donors (Lipinski definition) is 0. The van der Waals surface area contributed by atoms with E-state index in [1.54, 1.807) is 6.07 Å². The van der Waals surface area contributed by atoms with Gasteiger partial charge in [-0.2, -0.15) is 5.26 Å². The van der Waals surface area contributed by atoms with E-state index >= 15 is 0 Å². The third-order valence-corrected chi connectivity index (χ3v) is 3.47. The van der Waals surface area contributed by atoms with Crippen LogP contribution in [0.3, 0.4) is 0 Å². The van der Waals surface area contributed by atoms with Crippen LogP contribution < -0.4 is 4.90 Å². The molecule has 16 heavy (non-hydrogen) atoms.